The van der Waals surface area contributed by atoms with Gasteiger partial charge in [-0.15, -0.1) is 0 Å². The van der Waals surface area contributed by atoms with Crippen LogP contribution in [0.5, 0.6) is 5.75 Å². The van der Waals surface area contributed by atoms with Crippen LogP contribution in [0.3, 0.4) is 0 Å². The molecule has 1 N–H and O–H groups in total. The topological polar surface area (TPSA) is 21.3 Å². The molecule has 2 heteroatoms. The van der Waals surface area contributed by atoms with Crippen LogP contribution < -0.4 is 10.1 Å². The fourth-order valence-corrected chi connectivity index (χ4v) is 1.85. The molecule has 0 fully saturated rings. The van der Waals surface area contributed by atoms with E-state index in [0.717, 1.165) is 12.3 Å². The quantitative estimate of drug-likeness (QED) is 0.843. The van der Waals surface area contributed by atoms with E-state index >= 15 is 0 Å². The number of aryl methyl sites for hydroxylation is 1. The first-order chi connectivity index (χ1) is 7.85. The van der Waals surface area contributed by atoms with E-state index in [1.807, 2.05) is 7.05 Å². The molecule has 17 heavy (non-hydrogen) atoms. The third-order valence-electron chi connectivity index (χ3n) is 2.87. The molecule has 0 radical (unpaired) electrons. The van der Waals surface area contributed by atoms with E-state index in [2.05, 4.69) is 58.1 Å². The Morgan fingerprint density at radius 3 is 2.47 bits per heavy atom. The molecular formula is C15H25NO. The molecule has 1 aromatic carbocycles. The van der Waals surface area contributed by atoms with Gasteiger partial charge in [0, 0.05) is 6.54 Å². The number of likely N-dealkylation sites (N-methyl/N-ethyl adjacent to an activating group) is 1. The molecule has 0 amide bonds. The lowest BCUT2D eigenvalue weighted by Gasteiger charge is -2.27. The highest BCUT2D eigenvalue weighted by Gasteiger charge is 2.19. The molecule has 96 valence electrons. The number of benzene rings is 1. The lowest BCUT2D eigenvalue weighted by molar-refractivity contribution is 0.109. The summed E-state index contributed by atoms with van der Waals surface area (Å²) in [7, 11) is 1.95. The second-order valence-corrected chi connectivity index (χ2v) is 5.57. The van der Waals surface area contributed by atoms with E-state index in [0.29, 0.717) is 5.92 Å². The van der Waals surface area contributed by atoms with Gasteiger partial charge in [0.1, 0.15) is 11.4 Å². The van der Waals surface area contributed by atoms with Gasteiger partial charge in [-0.1, -0.05) is 26.0 Å². The summed E-state index contributed by atoms with van der Waals surface area (Å²) in [4.78, 5) is 0. The van der Waals surface area contributed by atoms with Gasteiger partial charge in [0.2, 0.25) is 0 Å². The second kappa shape index (κ2) is 5.54. The summed E-state index contributed by atoms with van der Waals surface area (Å²) in [6.45, 7) is 11.5. The predicted molar refractivity (Wildman–Crippen MR) is 73.9 cm³/mol. The van der Waals surface area contributed by atoms with Crippen molar-refractivity contribution in [2.75, 3.05) is 13.6 Å². The molecule has 2 nitrogen and oxygen atoms in total. The maximum atomic E-state index is 6.10. The average Bonchev–Trinajstić information content (AvgIpc) is 2.20. The highest BCUT2D eigenvalue weighted by Crippen LogP contribution is 2.27. The van der Waals surface area contributed by atoms with Crippen molar-refractivity contribution in [2.45, 2.75) is 46.1 Å². The summed E-state index contributed by atoms with van der Waals surface area (Å²) in [5, 5.41) is 3.16. The first kappa shape index (κ1) is 14.0. The van der Waals surface area contributed by atoms with Gasteiger partial charge >= 0.3 is 0 Å². The van der Waals surface area contributed by atoms with Crippen LogP contribution in [-0.4, -0.2) is 19.2 Å². The van der Waals surface area contributed by atoms with Crippen molar-refractivity contribution < 1.29 is 4.74 Å². The van der Waals surface area contributed by atoms with E-state index < -0.39 is 0 Å². The maximum Gasteiger partial charge on any atom is 0.123 e. The van der Waals surface area contributed by atoms with Crippen LogP contribution in [0, 0.1) is 6.92 Å². The van der Waals surface area contributed by atoms with Gasteiger partial charge in [-0.25, -0.2) is 0 Å². The lowest BCUT2D eigenvalue weighted by atomic mass is 10.0. The lowest BCUT2D eigenvalue weighted by Crippen LogP contribution is -2.39. The number of nitrogens with one attached hydrogen (secondary N) is 1. The van der Waals surface area contributed by atoms with E-state index in [-0.39, 0.29) is 5.60 Å². The van der Waals surface area contributed by atoms with Gasteiger partial charge in [0.25, 0.3) is 0 Å². The molecule has 0 atom stereocenters. The van der Waals surface area contributed by atoms with E-state index in [9.17, 15) is 0 Å². The van der Waals surface area contributed by atoms with Gasteiger partial charge in [-0.3, -0.25) is 0 Å². The predicted octanol–water partition coefficient (Wildman–Crippen LogP) is 3.50. The molecule has 0 spiro atoms. The van der Waals surface area contributed by atoms with Crippen molar-refractivity contribution >= 4 is 0 Å². The van der Waals surface area contributed by atoms with Crippen LogP contribution in [-0.2, 0) is 0 Å². The van der Waals surface area contributed by atoms with Crippen molar-refractivity contribution in [3.8, 4) is 5.75 Å². The first-order valence-electron chi connectivity index (χ1n) is 6.30. The molecule has 0 bridgehead atoms. The number of hydrogen-bond donors (Lipinski definition) is 1. The maximum absolute atomic E-state index is 6.10. The minimum atomic E-state index is -0.185. The summed E-state index contributed by atoms with van der Waals surface area (Å²) in [5.74, 6) is 1.53. The Balaban J connectivity index is 2.93. The molecule has 0 aromatic heterocycles. The van der Waals surface area contributed by atoms with Gasteiger partial charge in [0.05, 0.1) is 0 Å². The van der Waals surface area contributed by atoms with Gasteiger partial charge in [-0.05, 0) is 50.9 Å². The van der Waals surface area contributed by atoms with Crippen LogP contribution in [0.25, 0.3) is 0 Å². The first-order valence-corrected chi connectivity index (χ1v) is 6.30. The standard InChI is InChI=1S/C15H25NO/c1-11(2)13-8-7-12(3)14(9-13)17-15(4,5)10-16-6/h7-9,11,16H,10H2,1-6H3. The largest absolute Gasteiger partial charge is 0.486 e. The smallest absolute Gasteiger partial charge is 0.123 e. The molecule has 1 rings (SSSR count). The van der Waals surface area contributed by atoms with Gasteiger partial charge in [0.15, 0.2) is 0 Å². The third-order valence-corrected chi connectivity index (χ3v) is 2.87. The molecule has 0 unspecified atom stereocenters. The Labute approximate surface area is 105 Å². The van der Waals surface area contributed by atoms with Crippen LogP contribution in [0.15, 0.2) is 18.2 Å². The van der Waals surface area contributed by atoms with E-state index in [1.165, 1.54) is 11.1 Å². The molecule has 0 saturated carbocycles. The molecular weight excluding hydrogens is 210 g/mol. The molecule has 0 saturated heterocycles. The van der Waals surface area contributed by atoms with Crippen LogP contribution >= 0.6 is 0 Å². The van der Waals surface area contributed by atoms with E-state index in [4.69, 9.17) is 4.74 Å². The molecule has 1 aromatic rings. The molecule has 0 aliphatic carbocycles. The monoisotopic (exact) mass is 235 g/mol. The summed E-state index contributed by atoms with van der Waals surface area (Å²) in [6, 6.07) is 6.48. The van der Waals surface area contributed by atoms with Crippen molar-refractivity contribution in [1.82, 2.24) is 5.32 Å². The molecule has 0 heterocycles. The zero-order chi connectivity index (χ0) is 13.1. The van der Waals surface area contributed by atoms with Gasteiger partial charge < -0.3 is 10.1 Å². The minimum absolute atomic E-state index is 0.185. The van der Waals surface area contributed by atoms with Gasteiger partial charge in [-0.2, -0.15) is 0 Å². The van der Waals surface area contributed by atoms with Crippen molar-refractivity contribution in [3.63, 3.8) is 0 Å². The number of ether oxygens (including phenoxy) is 1. The SMILES string of the molecule is CNCC(C)(C)Oc1cc(C(C)C)ccc1C. The van der Waals surface area contributed by atoms with Crippen molar-refractivity contribution in [3.05, 3.63) is 29.3 Å². The summed E-state index contributed by atoms with van der Waals surface area (Å²) in [6.07, 6.45) is 0. The summed E-state index contributed by atoms with van der Waals surface area (Å²) in [5.41, 5.74) is 2.33. The van der Waals surface area contributed by atoms with Crippen LogP contribution in [0.1, 0.15) is 44.7 Å². The minimum Gasteiger partial charge on any atom is -0.486 e. The van der Waals surface area contributed by atoms with Crippen molar-refractivity contribution in [1.29, 1.82) is 0 Å². The number of hydrogen-bond acceptors (Lipinski definition) is 2. The summed E-state index contributed by atoms with van der Waals surface area (Å²) >= 11 is 0. The fourth-order valence-electron chi connectivity index (χ4n) is 1.85. The van der Waals surface area contributed by atoms with Crippen LogP contribution in [0.2, 0.25) is 0 Å². The highest BCUT2D eigenvalue weighted by molar-refractivity contribution is 5.38. The second-order valence-electron chi connectivity index (χ2n) is 5.57. The Morgan fingerprint density at radius 1 is 1.29 bits per heavy atom. The Bertz CT molecular complexity index is 369. The highest BCUT2D eigenvalue weighted by atomic mass is 16.5. The normalized spacial score (nSPS) is 11.9. The van der Waals surface area contributed by atoms with E-state index in [1.54, 1.807) is 0 Å². The zero-order valence-corrected chi connectivity index (χ0v) is 11.9. The fraction of sp³-hybridized carbons (Fsp3) is 0.600. The molecule has 0 aliphatic rings. The third kappa shape index (κ3) is 4.04. The van der Waals surface area contributed by atoms with Crippen molar-refractivity contribution in [2.24, 2.45) is 0 Å². The Hall–Kier alpha value is -1.02. The Kier molecular flexibility index (Phi) is 4.58. The summed E-state index contributed by atoms with van der Waals surface area (Å²) < 4.78 is 6.10. The molecule has 0 aliphatic heterocycles. The average molecular weight is 235 g/mol. The Morgan fingerprint density at radius 2 is 1.94 bits per heavy atom. The number of rotatable bonds is 5. The zero-order valence-electron chi connectivity index (χ0n) is 11.9. The van der Waals surface area contributed by atoms with Crippen LogP contribution in [0.4, 0.5) is 0 Å².